The van der Waals surface area contributed by atoms with E-state index in [4.69, 9.17) is 9.47 Å². The van der Waals surface area contributed by atoms with Crippen LogP contribution in [0, 0.1) is 0 Å². The SMILES string of the molecule is CC(C)(C)OC(=O)N1CCOC(c2ccccc2)C1C(=O)O. The molecule has 22 heavy (non-hydrogen) atoms. The predicted molar refractivity (Wildman–Crippen MR) is 79.5 cm³/mol. The van der Waals surface area contributed by atoms with Crippen molar-refractivity contribution in [1.82, 2.24) is 4.90 Å². The van der Waals surface area contributed by atoms with Gasteiger partial charge >= 0.3 is 12.1 Å². The van der Waals surface area contributed by atoms with Gasteiger partial charge in [-0.3, -0.25) is 4.90 Å². The van der Waals surface area contributed by atoms with E-state index in [2.05, 4.69) is 0 Å². The molecule has 6 heteroatoms. The van der Waals surface area contributed by atoms with Gasteiger partial charge < -0.3 is 14.6 Å². The molecule has 120 valence electrons. The molecule has 2 atom stereocenters. The van der Waals surface area contributed by atoms with E-state index in [1.54, 1.807) is 32.9 Å². The smallest absolute Gasteiger partial charge is 0.411 e. The van der Waals surface area contributed by atoms with Crippen LogP contribution in [0.1, 0.15) is 32.4 Å². The lowest BCUT2D eigenvalue weighted by molar-refractivity contribution is -0.156. The van der Waals surface area contributed by atoms with E-state index in [1.807, 2.05) is 18.2 Å². The van der Waals surface area contributed by atoms with Gasteiger partial charge in [0.2, 0.25) is 0 Å². The Balaban J connectivity index is 2.27. The third-order valence-corrected chi connectivity index (χ3v) is 3.26. The summed E-state index contributed by atoms with van der Waals surface area (Å²) in [5.74, 6) is -1.11. The zero-order chi connectivity index (χ0) is 16.3. The first-order chi connectivity index (χ1) is 10.3. The van der Waals surface area contributed by atoms with E-state index in [0.717, 1.165) is 5.56 Å². The van der Waals surface area contributed by atoms with Gasteiger partial charge in [-0.25, -0.2) is 9.59 Å². The minimum atomic E-state index is -1.11. The summed E-state index contributed by atoms with van der Waals surface area (Å²) >= 11 is 0. The van der Waals surface area contributed by atoms with Crippen molar-refractivity contribution in [2.45, 2.75) is 38.5 Å². The number of hydrogen-bond acceptors (Lipinski definition) is 4. The fourth-order valence-electron chi connectivity index (χ4n) is 2.38. The molecule has 0 aromatic heterocycles. The number of rotatable bonds is 2. The van der Waals surface area contributed by atoms with Crippen molar-refractivity contribution >= 4 is 12.1 Å². The highest BCUT2D eigenvalue weighted by Crippen LogP contribution is 2.29. The van der Waals surface area contributed by atoms with Crippen LogP contribution in [0.25, 0.3) is 0 Å². The summed E-state index contributed by atoms with van der Waals surface area (Å²) in [7, 11) is 0. The standard InChI is InChI=1S/C16H21NO5/c1-16(2,3)22-15(20)17-9-10-21-13(12(17)14(18)19)11-7-5-4-6-8-11/h4-8,12-13H,9-10H2,1-3H3,(H,18,19). The van der Waals surface area contributed by atoms with Gasteiger partial charge in [-0.15, -0.1) is 0 Å². The average Bonchev–Trinajstić information content (AvgIpc) is 2.45. The number of hydrogen-bond donors (Lipinski definition) is 1. The van der Waals surface area contributed by atoms with Crippen LogP contribution in [0.4, 0.5) is 4.79 Å². The van der Waals surface area contributed by atoms with Crippen molar-refractivity contribution in [3.8, 4) is 0 Å². The van der Waals surface area contributed by atoms with Crippen LogP contribution in [0.3, 0.4) is 0 Å². The van der Waals surface area contributed by atoms with Gasteiger partial charge in [0.05, 0.1) is 6.61 Å². The second-order valence-corrected chi connectivity index (χ2v) is 6.16. The Labute approximate surface area is 129 Å². The summed E-state index contributed by atoms with van der Waals surface area (Å²) in [4.78, 5) is 25.2. The number of amides is 1. The topological polar surface area (TPSA) is 76.1 Å². The van der Waals surface area contributed by atoms with Crippen LogP contribution < -0.4 is 0 Å². The van der Waals surface area contributed by atoms with Crippen molar-refractivity contribution in [2.75, 3.05) is 13.2 Å². The maximum atomic E-state index is 12.3. The number of carbonyl (C=O) groups excluding carboxylic acids is 1. The lowest BCUT2D eigenvalue weighted by atomic mass is 9.99. The molecule has 1 amide bonds. The summed E-state index contributed by atoms with van der Waals surface area (Å²) in [6.45, 7) is 5.69. The molecule has 0 radical (unpaired) electrons. The molecular formula is C16H21NO5. The first-order valence-corrected chi connectivity index (χ1v) is 7.18. The number of nitrogens with zero attached hydrogens (tertiary/aromatic N) is 1. The molecule has 1 heterocycles. The fourth-order valence-corrected chi connectivity index (χ4v) is 2.38. The van der Waals surface area contributed by atoms with Crippen LogP contribution >= 0.6 is 0 Å². The van der Waals surface area contributed by atoms with E-state index >= 15 is 0 Å². The minimum Gasteiger partial charge on any atom is -0.480 e. The van der Waals surface area contributed by atoms with Crippen molar-refractivity contribution in [3.05, 3.63) is 35.9 Å². The highest BCUT2D eigenvalue weighted by Gasteiger charge is 2.42. The molecule has 0 saturated carbocycles. The number of benzene rings is 1. The first-order valence-electron chi connectivity index (χ1n) is 7.18. The van der Waals surface area contributed by atoms with E-state index in [1.165, 1.54) is 4.90 Å². The number of carboxylic acid groups (broad SMARTS) is 1. The second kappa shape index (κ2) is 6.36. The maximum Gasteiger partial charge on any atom is 0.411 e. The van der Waals surface area contributed by atoms with Gasteiger partial charge in [-0.1, -0.05) is 30.3 Å². The van der Waals surface area contributed by atoms with E-state index in [9.17, 15) is 14.7 Å². The van der Waals surface area contributed by atoms with Gasteiger partial charge in [0.15, 0.2) is 6.04 Å². The van der Waals surface area contributed by atoms with Gasteiger partial charge in [0.1, 0.15) is 11.7 Å². The third kappa shape index (κ3) is 3.76. The van der Waals surface area contributed by atoms with Crippen LogP contribution in [0.5, 0.6) is 0 Å². The number of ether oxygens (including phenoxy) is 2. The quantitative estimate of drug-likeness (QED) is 0.908. The van der Waals surface area contributed by atoms with E-state index in [-0.39, 0.29) is 13.2 Å². The molecule has 1 saturated heterocycles. The number of carboxylic acids is 1. The van der Waals surface area contributed by atoms with Crippen molar-refractivity contribution in [2.24, 2.45) is 0 Å². The molecule has 1 N–H and O–H groups in total. The summed E-state index contributed by atoms with van der Waals surface area (Å²) in [6, 6.07) is 7.94. The van der Waals surface area contributed by atoms with Crippen molar-refractivity contribution in [3.63, 3.8) is 0 Å². The van der Waals surface area contributed by atoms with E-state index in [0.29, 0.717) is 0 Å². The van der Waals surface area contributed by atoms with Crippen LogP contribution in [-0.2, 0) is 14.3 Å². The third-order valence-electron chi connectivity index (χ3n) is 3.26. The maximum absolute atomic E-state index is 12.3. The lowest BCUT2D eigenvalue weighted by Crippen LogP contribution is -2.55. The Morgan fingerprint density at radius 3 is 2.45 bits per heavy atom. The van der Waals surface area contributed by atoms with Crippen LogP contribution in [0.15, 0.2) is 30.3 Å². The average molecular weight is 307 g/mol. The molecular weight excluding hydrogens is 286 g/mol. The molecule has 0 bridgehead atoms. The van der Waals surface area contributed by atoms with E-state index < -0.39 is 29.8 Å². The zero-order valence-electron chi connectivity index (χ0n) is 13.0. The minimum absolute atomic E-state index is 0.190. The number of carbonyl (C=O) groups is 2. The first kappa shape index (κ1) is 16.3. The monoisotopic (exact) mass is 307 g/mol. The van der Waals surface area contributed by atoms with Crippen molar-refractivity contribution in [1.29, 1.82) is 0 Å². The Bertz CT molecular complexity index is 537. The van der Waals surface area contributed by atoms with Crippen LogP contribution in [-0.4, -0.2) is 46.9 Å². The zero-order valence-corrected chi connectivity index (χ0v) is 13.0. The van der Waals surface area contributed by atoms with Crippen molar-refractivity contribution < 1.29 is 24.2 Å². The normalized spacial score (nSPS) is 22.2. The Hall–Kier alpha value is -2.08. The largest absolute Gasteiger partial charge is 0.480 e. The molecule has 1 aromatic carbocycles. The number of morpholine rings is 1. The molecule has 6 nitrogen and oxygen atoms in total. The highest BCUT2D eigenvalue weighted by atomic mass is 16.6. The van der Waals surface area contributed by atoms with Gasteiger partial charge in [-0.2, -0.15) is 0 Å². The fraction of sp³-hybridized carbons (Fsp3) is 0.500. The molecule has 2 unspecified atom stereocenters. The number of aliphatic carboxylic acids is 1. The molecule has 0 aliphatic carbocycles. The highest BCUT2D eigenvalue weighted by molar-refractivity contribution is 5.81. The summed E-state index contributed by atoms with van der Waals surface area (Å²) in [5.41, 5.74) is 0.0453. The molecule has 1 aliphatic heterocycles. The summed E-state index contributed by atoms with van der Waals surface area (Å²) in [6.07, 6.45) is -1.34. The molecule has 2 rings (SSSR count). The second-order valence-electron chi connectivity index (χ2n) is 6.16. The van der Waals surface area contributed by atoms with Gasteiger partial charge in [0.25, 0.3) is 0 Å². The Morgan fingerprint density at radius 2 is 1.91 bits per heavy atom. The van der Waals surface area contributed by atoms with Crippen LogP contribution in [0.2, 0.25) is 0 Å². The van der Waals surface area contributed by atoms with Gasteiger partial charge in [-0.05, 0) is 26.3 Å². The molecule has 1 aliphatic rings. The van der Waals surface area contributed by atoms with Gasteiger partial charge in [0, 0.05) is 6.54 Å². The molecule has 1 fully saturated rings. The Morgan fingerprint density at radius 1 is 1.27 bits per heavy atom. The molecule has 1 aromatic rings. The predicted octanol–water partition coefficient (Wildman–Crippen LogP) is 2.45. The Kier molecular flexibility index (Phi) is 4.71. The molecule has 0 spiro atoms. The summed E-state index contributed by atoms with van der Waals surface area (Å²) < 4.78 is 10.9. The summed E-state index contributed by atoms with van der Waals surface area (Å²) in [5, 5.41) is 9.56. The lowest BCUT2D eigenvalue weighted by Gasteiger charge is -2.39.